The maximum absolute atomic E-state index is 12.9. The summed E-state index contributed by atoms with van der Waals surface area (Å²) in [6.45, 7) is 0. The standard InChI is InChI=1S/C25H18N2O4/c1-27-21-10-6-15(12-14(21)7-11-22(27)28)25(31)26-16-8-9-19-20(13-16)24(30)18-5-3-2-4-17(18)23(19)29/h2-6,8-10,12-13H,7,11H2,1H3,(H,26,31). The van der Waals surface area contributed by atoms with Gasteiger partial charge in [0.2, 0.25) is 5.91 Å². The molecule has 2 amide bonds. The number of amides is 2. The molecule has 1 N–H and O–H groups in total. The molecule has 0 radical (unpaired) electrons. The number of anilines is 2. The minimum Gasteiger partial charge on any atom is -0.322 e. The number of rotatable bonds is 2. The van der Waals surface area contributed by atoms with Crippen molar-refractivity contribution in [2.24, 2.45) is 0 Å². The Balaban J connectivity index is 1.43. The third-order valence-corrected chi connectivity index (χ3v) is 5.87. The van der Waals surface area contributed by atoms with Crippen molar-refractivity contribution in [2.45, 2.75) is 12.8 Å². The first kappa shape index (κ1) is 18.9. The zero-order valence-electron chi connectivity index (χ0n) is 16.8. The number of nitrogens with zero attached hydrogens (tertiary/aromatic N) is 1. The number of hydrogen-bond acceptors (Lipinski definition) is 4. The Hall–Kier alpha value is -4.06. The van der Waals surface area contributed by atoms with Crippen LogP contribution in [0.4, 0.5) is 11.4 Å². The van der Waals surface area contributed by atoms with E-state index in [1.807, 2.05) is 0 Å². The third kappa shape index (κ3) is 3.04. The molecule has 1 aliphatic heterocycles. The molecule has 31 heavy (non-hydrogen) atoms. The van der Waals surface area contributed by atoms with Crippen LogP contribution in [0.15, 0.2) is 60.7 Å². The van der Waals surface area contributed by atoms with Gasteiger partial charge in [-0.3, -0.25) is 19.2 Å². The lowest BCUT2D eigenvalue weighted by Crippen LogP contribution is -2.31. The third-order valence-electron chi connectivity index (χ3n) is 5.87. The lowest BCUT2D eigenvalue weighted by atomic mass is 9.84. The lowest BCUT2D eigenvalue weighted by Gasteiger charge is -2.26. The molecule has 0 bridgehead atoms. The van der Waals surface area contributed by atoms with Crippen molar-refractivity contribution in [3.05, 3.63) is 94.0 Å². The highest BCUT2D eigenvalue weighted by Crippen LogP contribution is 2.30. The highest BCUT2D eigenvalue weighted by Gasteiger charge is 2.29. The van der Waals surface area contributed by atoms with Gasteiger partial charge in [-0.15, -0.1) is 0 Å². The van der Waals surface area contributed by atoms with Crippen LogP contribution >= 0.6 is 0 Å². The molecule has 3 aromatic carbocycles. The number of carbonyl (C=O) groups excluding carboxylic acids is 4. The molecule has 0 saturated carbocycles. The van der Waals surface area contributed by atoms with E-state index in [0.717, 1.165) is 11.3 Å². The van der Waals surface area contributed by atoms with Crippen LogP contribution in [0.25, 0.3) is 0 Å². The summed E-state index contributed by atoms with van der Waals surface area (Å²) in [6, 6.07) is 16.7. The average Bonchev–Trinajstić information content (AvgIpc) is 2.79. The van der Waals surface area contributed by atoms with Crippen molar-refractivity contribution in [1.82, 2.24) is 0 Å². The Morgan fingerprint density at radius 1 is 0.806 bits per heavy atom. The van der Waals surface area contributed by atoms with Crippen LogP contribution in [0, 0.1) is 0 Å². The highest BCUT2D eigenvalue weighted by atomic mass is 16.2. The van der Waals surface area contributed by atoms with Crippen molar-refractivity contribution >= 4 is 34.8 Å². The maximum atomic E-state index is 12.9. The Kier molecular flexibility index (Phi) is 4.29. The minimum absolute atomic E-state index is 0.0551. The molecule has 0 atom stereocenters. The second kappa shape index (κ2) is 7.02. The molecule has 2 aliphatic rings. The van der Waals surface area contributed by atoms with E-state index in [0.29, 0.717) is 40.8 Å². The summed E-state index contributed by atoms with van der Waals surface area (Å²) in [6.07, 6.45) is 1.01. The Labute approximate surface area is 178 Å². The molecule has 0 saturated heterocycles. The average molecular weight is 410 g/mol. The Morgan fingerprint density at radius 3 is 2.23 bits per heavy atom. The summed E-state index contributed by atoms with van der Waals surface area (Å²) in [5.74, 6) is -0.698. The molecule has 1 aliphatic carbocycles. The summed E-state index contributed by atoms with van der Waals surface area (Å²) in [4.78, 5) is 51.9. The first-order valence-electron chi connectivity index (χ1n) is 9.97. The van der Waals surface area contributed by atoms with Gasteiger partial charge >= 0.3 is 0 Å². The molecule has 6 nitrogen and oxygen atoms in total. The van der Waals surface area contributed by atoms with Gasteiger partial charge in [-0.2, -0.15) is 0 Å². The van der Waals surface area contributed by atoms with Gasteiger partial charge in [0.25, 0.3) is 5.91 Å². The van der Waals surface area contributed by atoms with Crippen LogP contribution < -0.4 is 10.2 Å². The fraction of sp³-hybridized carbons (Fsp3) is 0.120. The summed E-state index contributed by atoms with van der Waals surface area (Å²) in [5.41, 5.74) is 4.05. The minimum atomic E-state index is -0.322. The van der Waals surface area contributed by atoms with E-state index in [9.17, 15) is 19.2 Å². The molecule has 5 rings (SSSR count). The van der Waals surface area contributed by atoms with Crippen LogP contribution in [0.3, 0.4) is 0 Å². The smallest absolute Gasteiger partial charge is 0.255 e. The number of benzene rings is 3. The summed E-state index contributed by atoms with van der Waals surface area (Å²) in [7, 11) is 1.73. The molecule has 0 fully saturated rings. The lowest BCUT2D eigenvalue weighted by molar-refractivity contribution is -0.118. The first-order valence-corrected chi connectivity index (χ1v) is 9.97. The van der Waals surface area contributed by atoms with E-state index < -0.39 is 0 Å². The zero-order chi connectivity index (χ0) is 21.7. The van der Waals surface area contributed by atoms with Gasteiger partial charge in [0.1, 0.15) is 0 Å². The normalized spacial score (nSPS) is 14.6. The number of fused-ring (bicyclic) bond motifs is 3. The van der Waals surface area contributed by atoms with E-state index in [1.54, 1.807) is 72.6 Å². The van der Waals surface area contributed by atoms with Crippen molar-refractivity contribution in [2.75, 3.05) is 17.3 Å². The molecule has 6 heteroatoms. The van der Waals surface area contributed by atoms with Gasteiger partial charge in [0, 0.05) is 52.7 Å². The van der Waals surface area contributed by atoms with Crippen LogP contribution in [0.5, 0.6) is 0 Å². The van der Waals surface area contributed by atoms with E-state index in [4.69, 9.17) is 0 Å². The highest BCUT2D eigenvalue weighted by molar-refractivity contribution is 6.28. The van der Waals surface area contributed by atoms with E-state index >= 15 is 0 Å². The molecular formula is C25H18N2O4. The van der Waals surface area contributed by atoms with E-state index in [1.165, 1.54) is 0 Å². The number of ketones is 2. The van der Waals surface area contributed by atoms with Gasteiger partial charge in [0.15, 0.2) is 11.6 Å². The largest absolute Gasteiger partial charge is 0.322 e. The van der Waals surface area contributed by atoms with Gasteiger partial charge in [-0.1, -0.05) is 24.3 Å². The Bertz CT molecular complexity index is 1310. The quantitative estimate of drug-likeness (QED) is 0.547. The predicted molar refractivity (Wildman–Crippen MR) is 116 cm³/mol. The van der Waals surface area contributed by atoms with Crippen molar-refractivity contribution in [3.8, 4) is 0 Å². The summed E-state index contributed by atoms with van der Waals surface area (Å²) in [5, 5.41) is 2.81. The Morgan fingerprint density at radius 2 is 1.48 bits per heavy atom. The van der Waals surface area contributed by atoms with Crippen LogP contribution in [0.1, 0.15) is 54.2 Å². The fourth-order valence-corrected chi connectivity index (χ4v) is 4.18. The SMILES string of the molecule is CN1C(=O)CCc2cc(C(=O)Nc3ccc4c(c3)C(=O)c3ccccc3C4=O)ccc21. The van der Waals surface area contributed by atoms with Crippen molar-refractivity contribution in [1.29, 1.82) is 0 Å². The van der Waals surface area contributed by atoms with Crippen molar-refractivity contribution in [3.63, 3.8) is 0 Å². The van der Waals surface area contributed by atoms with Crippen LogP contribution in [-0.2, 0) is 11.2 Å². The maximum Gasteiger partial charge on any atom is 0.255 e. The number of aryl methyl sites for hydroxylation is 1. The van der Waals surface area contributed by atoms with Gasteiger partial charge in [0.05, 0.1) is 0 Å². The second-order valence-corrected chi connectivity index (χ2v) is 7.71. The van der Waals surface area contributed by atoms with Gasteiger partial charge < -0.3 is 10.2 Å². The second-order valence-electron chi connectivity index (χ2n) is 7.71. The molecule has 1 heterocycles. The first-order chi connectivity index (χ1) is 14.9. The van der Waals surface area contributed by atoms with Crippen molar-refractivity contribution < 1.29 is 19.2 Å². The van der Waals surface area contributed by atoms with E-state index in [-0.39, 0.29) is 28.9 Å². The molecule has 3 aromatic rings. The number of carbonyl (C=O) groups is 4. The summed E-state index contributed by atoms with van der Waals surface area (Å²) >= 11 is 0. The topological polar surface area (TPSA) is 83.6 Å². The molecular weight excluding hydrogens is 392 g/mol. The van der Waals surface area contributed by atoms with E-state index in [2.05, 4.69) is 5.32 Å². The molecule has 152 valence electrons. The fourth-order valence-electron chi connectivity index (χ4n) is 4.18. The van der Waals surface area contributed by atoms with Gasteiger partial charge in [-0.05, 0) is 48.4 Å². The predicted octanol–water partition coefficient (Wildman–Crippen LogP) is 3.62. The van der Waals surface area contributed by atoms with Crippen LogP contribution in [-0.4, -0.2) is 30.4 Å². The molecule has 0 unspecified atom stereocenters. The molecule has 0 aromatic heterocycles. The number of nitrogens with one attached hydrogen (secondary N) is 1. The van der Waals surface area contributed by atoms with Gasteiger partial charge in [-0.25, -0.2) is 0 Å². The number of hydrogen-bond donors (Lipinski definition) is 1. The monoisotopic (exact) mass is 410 g/mol. The van der Waals surface area contributed by atoms with Crippen LogP contribution in [0.2, 0.25) is 0 Å². The molecule has 0 spiro atoms. The summed E-state index contributed by atoms with van der Waals surface area (Å²) < 4.78 is 0. The zero-order valence-corrected chi connectivity index (χ0v) is 16.8.